The number of rotatable bonds is 4. The molecule has 0 aliphatic rings. The Balaban J connectivity index is 1.79. The molecule has 0 N–H and O–H groups in total. The van der Waals surface area contributed by atoms with Crippen molar-refractivity contribution in [2.45, 2.75) is 0 Å². The minimum atomic E-state index is 0.0343. The molecular formula is C18H14O2S. The predicted octanol–water partition coefficient (Wildman–Crippen LogP) is 4.81. The van der Waals surface area contributed by atoms with E-state index in [1.165, 1.54) is 11.3 Å². The van der Waals surface area contributed by atoms with Crippen molar-refractivity contribution in [3.63, 3.8) is 0 Å². The van der Waals surface area contributed by atoms with Crippen LogP contribution in [-0.2, 0) is 0 Å². The summed E-state index contributed by atoms with van der Waals surface area (Å²) in [6.45, 7) is 0. The van der Waals surface area contributed by atoms with Crippen molar-refractivity contribution in [2.75, 3.05) is 7.11 Å². The number of hydrogen-bond acceptors (Lipinski definition) is 3. The SMILES string of the molecule is COc1ccc(/C=C/C(=O)c2cc3ccccc3s2)cc1. The summed E-state index contributed by atoms with van der Waals surface area (Å²) in [7, 11) is 1.63. The number of ketones is 1. The number of carbonyl (C=O) groups excluding carboxylic acids is 1. The molecule has 2 aromatic carbocycles. The fourth-order valence-corrected chi connectivity index (χ4v) is 3.06. The zero-order valence-electron chi connectivity index (χ0n) is 11.6. The Morgan fingerprint density at radius 2 is 1.86 bits per heavy atom. The highest BCUT2D eigenvalue weighted by Crippen LogP contribution is 2.26. The molecule has 0 saturated heterocycles. The molecule has 104 valence electrons. The van der Waals surface area contributed by atoms with Gasteiger partial charge in [0.1, 0.15) is 5.75 Å². The molecule has 0 radical (unpaired) electrons. The van der Waals surface area contributed by atoms with E-state index in [-0.39, 0.29) is 5.78 Å². The average molecular weight is 294 g/mol. The van der Waals surface area contributed by atoms with E-state index in [0.29, 0.717) is 0 Å². The van der Waals surface area contributed by atoms with Crippen molar-refractivity contribution in [3.8, 4) is 5.75 Å². The van der Waals surface area contributed by atoms with Crippen LogP contribution in [0, 0.1) is 0 Å². The summed E-state index contributed by atoms with van der Waals surface area (Å²) in [5, 5.41) is 1.11. The van der Waals surface area contributed by atoms with E-state index in [0.717, 1.165) is 26.3 Å². The van der Waals surface area contributed by atoms with Gasteiger partial charge in [0.25, 0.3) is 0 Å². The second kappa shape index (κ2) is 5.94. The van der Waals surface area contributed by atoms with Crippen molar-refractivity contribution in [2.24, 2.45) is 0 Å². The normalized spacial score (nSPS) is 11.1. The fourth-order valence-electron chi connectivity index (χ4n) is 2.07. The van der Waals surface area contributed by atoms with E-state index >= 15 is 0 Å². The third kappa shape index (κ3) is 3.03. The average Bonchev–Trinajstić information content (AvgIpc) is 2.97. The van der Waals surface area contributed by atoms with Crippen LogP contribution in [0.3, 0.4) is 0 Å². The number of carbonyl (C=O) groups is 1. The Bertz CT molecular complexity index is 764. The highest BCUT2D eigenvalue weighted by atomic mass is 32.1. The number of methoxy groups -OCH3 is 1. The first-order valence-electron chi connectivity index (χ1n) is 6.61. The van der Waals surface area contributed by atoms with Gasteiger partial charge >= 0.3 is 0 Å². The van der Waals surface area contributed by atoms with Crippen molar-refractivity contribution in [1.29, 1.82) is 0 Å². The Morgan fingerprint density at radius 1 is 1.10 bits per heavy atom. The third-order valence-corrected chi connectivity index (χ3v) is 4.34. The third-order valence-electron chi connectivity index (χ3n) is 3.21. The van der Waals surface area contributed by atoms with Crippen LogP contribution in [0.15, 0.2) is 60.7 Å². The molecule has 3 rings (SSSR count). The van der Waals surface area contributed by atoms with E-state index in [9.17, 15) is 4.79 Å². The molecule has 0 unspecified atom stereocenters. The van der Waals surface area contributed by atoms with Gasteiger partial charge in [-0.25, -0.2) is 0 Å². The highest BCUT2D eigenvalue weighted by molar-refractivity contribution is 7.21. The van der Waals surface area contributed by atoms with Crippen LogP contribution in [0.4, 0.5) is 0 Å². The number of hydrogen-bond donors (Lipinski definition) is 0. The summed E-state index contributed by atoms with van der Waals surface area (Å²) in [4.78, 5) is 13.0. The Hall–Kier alpha value is -2.39. The molecule has 0 bridgehead atoms. The predicted molar refractivity (Wildman–Crippen MR) is 88.2 cm³/mol. The lowest BCUT2D eigenvalue weighted by molar-refractivity contribution is 0.105. The largest absolute Gasteiger partial charge is 0.497 e. The van der Waals surface area contributed by atoms with E-state index in [2.05, 4.69) is 0 Å². The summed E-state index contributed by atoms with van der Waals surface area (Å²) >= 11 is 1.53. The lowest BCUT2D eigenvalue weighted by Crippen LogP contribution is -1.88. The molecule has 0 spiro atoms. The van der Waals surface area contributed by atoms with E-state index in [1.54, 1.807) is 13.2 Å². The quantitative estimate of drug-likeness (QED) is 0.510. The van der Waals surface area contributed by atoms with Gasteiger partial charge in [-0.05, 0) is 41.3 Å². The van der Waals surface area contributed by atoms with Crippen LogP contribution >= 0.6 is 11.3 Å². The first-order chi connectivity index (χ1) is 10.3. The topological polar surface area (TPSA) is 26.3 Å². The minimum Gasteiger partial charge on any atom is -0.497 e. The fraction of sp³-hybridized carbons (Fsp3) is 0.0556. The molecule has 3 heteroatoms. The number of allylic oxidation sites excluding steroid dienone is 1. The van der Waals surface area contributed by atoms with Gasteiger partial charge in [0.15, 0.2) is 5.78 Å². The second-order valence-corrected chi connectivity index (χ2v) is 5.70. The summed E-state index contributed by atoms with van der Waals surface area (Å²) in [6.07, 6.45) is 3.44. The van der Waals surface area contributed by atoms with Crippen molar-refractivity contribution in [1.82, 2.24) is 0 Å². The molecule has 0 aliphatic heterocycles. The van der Waals surface area contributed by atoms with Gasteiger partial charge < -0.3 is 4.74 Å². The van der Waals surface area contributed by atoms with Crippen molar-refractivity contribution in [3.05, 3.63) is 71.1 Å². The zero-order valence-corrected chi connectivity index (χ0v) is 12.4. The Morgan fingerprint density at radius 3 is 2.57 bits per heavy atom. The van der Waals surface area contributed by atoms with Crippen LogP contribution < -0.4 is 4.74 Å². The zero-order chi connectivity index (χ0) is 14.7. The first kappa shape index (κ1) is 13.6. The van der Waals surface area contributed by atoms with Crippen molar-refractivity contribution >= 4 is 33.3 Å². The van der Waals surface area contributed by atoms with Gasteiger partial charge in [0, 0.05) is 4.70 Å². The number of benzene rings is 2. The monoisotopic (exact) mass is 294 g/mol. The number of fused-ring (bicyclic) bond motifs is 1. The molecule has 0 aliphatic carbocycles. The van der Waals surface area contributed by atoms with Crippen LogP contribution in [0.2, 0.25) is 0 Å². The van der Waals surface area contributed by atoms with Crippen molar-refractivity contribution < 1.29 is 9.53 Å². The van der Waals surface area contributed by atoms with Crippen LogP contribution in [-0.4, -0.2) is 12.9 Å². The van der Waals surface area contributed by atoms with E-state index < -0.39 is 0 Å². The standard InChI is InChI=1S/C18H14O2S/c1-20-15-9-6-13(7-10-15)8-11-16(19)18-12-14-4-2-3-5-17(14)21-18/h2-12H,1H3/b11-8+. The lowest BCUT2D eigenvalue weighted by Gasteiger charge is -1.98. The maximum atomic E-state index is 12.2. The smallest absolute Gasteiger partial charge is 0.195 e. The first-order valence-corrected chi connectivity index (χ1v) is 7.43. The second-order valence-electron chi connectivity index (χ2n) is 4.62. The van der Waals surface area contributed by atoms with Gasteiger partial charge in [-0.1, -0.05) is 36.4 Å². The number of thiophene rings is 1. The molecule has 3 aromatic rings. The molecule has 0 saturated carbocycles. The van der Waals surface area contributed by atoms with Crippen LogP contribution in [0.25, 0.3) is 16.2 Å². The molecule has 0 atom stereocenters. The van der Waals surface area contributed by atoms with Gasteiger partial charge in [0.05, 0.1) is 12.0 Å². The summed E-state index contributed by atoms with van der Waals surface area (Å²) in [6, 6.07) is 17.6. The van der Waals surface area contributed by atoms with E-state index in [4.69, 9.17) is 4.74 Å². The maximum absolute atomic E-state index is 12.2. The Kier molecular flexibility index (Phi) is 3.84. The van der Waals surface area contributed by atoms with Gasteiger partial charge in [-0.2, -0.15) is 0 Å². The molecule has 1 heterocycles. The van der Waals surface area contributed by atoms with Crippen LogP contribution in [0.1, 0.15) is 15.2 Å². The molecule has 2 nitrogen and oxygen atoms in total. The summed E-state index contributed by atoms with van der Waals surface area (Å²) in [5.41, 5.74) is 0.977. The van der Waals surface area contributed by atoms with E-state index in [1.807, 2.05) is 60.7 Å². The molecule has 0 amide bonds. The molecule has 21 heavy (non-hydrogen) atoms. The van der Waals surface area contributed by atoms with Gasteiger partial charge in [-0.3, -0.25) is 4.79 Å². The summed E-state index contributed by atoms with van der Waals surface area (Å²) in [5.74, 6) is 0.843. The molecule has 1 aromatic heterocycles. The molecule has 0 fully saturated rings. The summed E-state index contributed by atoms with van der Waals surface area (Å²) < 4.78 is 6.25. The Labute approximate surface area is 127 Å². The minimum absolute atomic E-state index is 0.0343. The van der Waals surface area contributed by atoms with Gasteiger partial charge in [-0.15, -0.1) is 11.3 Å². The lowest BCUT2D eigenvalue weighted by atomic mass is 10.1. The number of ether oxygens (including phenoxy) is 1. The highest BCUT2D eigenvalue weighted by Gasteiger charge is 2.06. The maximum Gasteiger partial charge on any atom is 0.195 e. The van der Waals surface area contributed by atoms with Gasteiger partial charge in [0.2, 0.25) is 0 Å². The van der Waals surface area contributed by atoms with Crippen LogP contribution in [0.5, 0.6) is 5.75 Å². The molecular weight excluding hydrogens is 280 g/mol.